The summed E-state index contributed by atoms with van der Waals surface area (Å²) in [6, 6.07) is 26.0. The van der Waals surface area contributed by atoms with Crippen LogP contribution in [-0.2, 0) is 11.3 Å². The predicted molar refractivity (Wildman–Crippen MR) is 111 cm³/mol. The van der Waals surface area contributed by atoms with Crippen LogP contribution in [0.25, 0.3) is 0 Å². The maximum absolute atomic E-state index is 13.5. The highest BCUT2D eigenvalue weighted by Crippen LogP contribution is 2.41. The summed E-state index contributed by atoms with van der Waals surface area (Å²) in [6.45, 7) is 3.17. The summed E-state index contributed by atoms with van der Waals surface area (Å²) in [7, 11) is 1.95. The first kappa shape index (κ1) is 18.3. The molecule has 1 atom stereocenters. The summed E-state index contributed by atoms with van der Waals surface area (Å²) in [6.07, 6.45) is 0. The molecule has 0 saturated carbocycles. The molecule has 0 saturated heterocycles. The van der Waals surface area contributed by atoms with Crippen molar-refractivity contribution in [3.05, 3.63) is 95.6 Å². The zero-order valence-electron chi connectivity index (χ0n) is 16.2. The molecule has 1 aliphatic rings. The van der Waals surface area contributed by atoms with Gasteiger partial charge in [-0.3, -0.25) is 4.79 Å². The van der Waals surface area contributed by atoms with Crippen LogP contribution >= 0.6 is 0 Å². The van der Waals surface area contributed by atoms with E-state index >= 15 is 0 Å². The highest BCUT2D eigenvalue weighted by Gasteiger charge is 2.40. The number of hydrazine groups is 1. The van der Waals surface area contributed by atoms with Crippen LogP contribution in [0.5, 0.6) is 5.75 Å². The molecular formula is C24H24N2O2. The van der Waals surface area contributed by atoms with E-state index in [4.69, 9.17) is 4.74 Å². The van der Waals surface area contributed by atoms with E-state index in [2.05, 4.69) is 0 Å². The Hall–Kier alpha value is -3.11. The van der Waals surface area contributed by atoms with Crippen LogP contribution in [0.4, 0.5) is 5.69 Å². The quantitative estimate of drug-likeness (QED) is 0.633. The molecule has 4 heteroatoms. The number of carbonyl (C=O) groups is 1. The van der Waals surface area contributed by atoms with Crippen molar-refractivity contribution in [1.29, 1.82) is 0 Å². The molecule has 0 spiro atoms. The summed E-state index contributed by atoms with van der Waals surface area (Å²) < 4.78 is 5.76. The van der Waals surface area contributed by atoms with Gasteiger partial charge in [0.25, 0.3) is 5.91 Å². The fourth-order valence-corrected chi connectivity index (χ4v) is 3.87. The van der Waals surface area contributed by atoms with Crippen molar-refractivity contribution in [3.63, 3.8) is 0 Å². The number of amides is 1. The van der Waals surface area contributed by atoms with Gasteiger partial charge in [0.1, 0.15) is 5.75 Å². The van der Waals surface area contributed by atoms with Gasteiger partial charge < -0.3 is 4.74 Å². The lowest BCUT2D eigenvalue weighted by Crippen LogP contribution is -2.42. The summed E-state index contributed by atoms with van der Waals surface area (Å²) >= 11 is 0. The van der Waals surface area contributed by atoms with Gasteiger partial charge in [-0.2, -0.15) is 0 Å². The number of rotatable bonds is 6. The second kappa shape index (κ2) is 7.87. The Morgan fingerprint density at radius 3 is 2.39 bits per heavy atom. The van der Waals surface area contributed by atoms with Crippen molar-refractivity contribution < 1.29 is 9.53 Å². The van der Waals surface area contributed by atoms with Crippen LogP contribution in [0, 0.1) is 0 Å². The normalized spacial score (nSPS) is 15.8. The number of para-hydroxylation sites is 2. The zero-order chi connectivity index (χ0) is 19.5. The molecule has 28 heavy (non-hydrogen) atoms. The Morgan fingerprint density at radius 2 is 1.61 bits per heavy atom. The van der Waals surface area contributed by atoms with Crippen LogP contribution in [-0.4, -0.2) is 24.6 Å². The molecule has 0 N–H and O–H groups in total. The molecule has 4 rings (SSSR count). The van der Waals surface area contributed by atoms with E-state index in [1.807, 2.05) is 97.8 Å². The van der Waals surface area contributed by atoms with E-state index in [1.54, 1.807) is 5.01 Å². The molecule has 0 fully saturated rings. The molecule has 1 aliphatic heterocycles. The SMILES string of the molecule is CCOc1ccccc1CN(C)N1C(=O)C(c2ccccc2)c2ccccc21. The van der Waals surface area contributed by atoms with Gasteiger partial charge in [-0.05, 0) is 30.2 Å². The van der Waals surface area contributed by atoms with Crippen molar-refractivity contribution in [2.45, 2.75) is 19.4 Å². The number of hydrogen-bond acceptors (Lipinski definition) is 3. The van der Waals surface area contributed by atoms with Crippen LogP contribution < -0.4 is 9.75 Å². The van der Waals surface area contributed by atoms with Crippen molar-refractivity contribution in [2.24, 2.45) is 0 Å². The molecule has 0 bridgehead atoms. The summed E-state index contributed by atoms with van der Waals surface area (Å²) in [5.74, 6) is 0.655. The third kappa shape index (κ3) is 3.27. The summed E-state index contributed by atoms with van der Waals surface area (Å²) in [5.41, 5.74) is 4.06. The average molecular weight is 372 g/mol. The Morgan fingerprint density at radius 1 is 0.929 bits per heavy atom. The highest BCUT2D eigenvalue weighted by atomic mass is 16.5. The topological polar surface area (TPSA) is 32.8 Å². The molecule has 1 heterocycles. The molecule has 3 aromatic carbocycles. The van der Waals surface area contributed by atoms with Crippen molar-refractivity contribution in [2.75, 3.05) is 18.7 Å². The van der Waals surface area contributed by atoms with E-state index in [-0.39, 0.29) is 11.8 Å². The second-order valence-corrected chi connectivity index (χ2v) is 6.91. The smallest absolute Gasteiger partial charge is 0.253 e. The Bertz CT molecular complexity index is 971. The van der Waals surface area contributed by atoms with E-state index < -0.39 is 0 Å². The minimum absolute atomic E-state index is 0.0730. The van der Waals surface area contributed by atoms with Crippen LogP contribution in [0.15, 0.2) is 78.9 Å². The molecular weight excluding hydrogens is 348 g/mol. The number of carbonyl (C=O) groups excluding carboxylic acids is 1. The minimum atomic E-state index is -0.276. The first-order valence-electron chi connectivity index (χ1n) is 9.60. The third-order valence-electron chi connectivity index (χ3n) is 5.08. The van der Waals surface area contributed by atoms with Gasteiger partial charge in [-0.25, -0.2) is 10.0 Å². The lowest BCUT2D eigenvalue weighted by atomic mass is 9.93. The summed E-state index contributed by atoms with van der Waals surface area (Å²) in [5, 5.41) is 3.78. The predicted octanol–water partition coefficient (Wildman–Crippen LogP) is 4.61. The number of anilines is 1. The Kier molecular flexibility index (Phi) is 5.13. The highest BCUT2D eigenvalue weighted by molar-refractivity contribution is 6.06. The maximum atomic E-state index is 13.5. The van der Waals surface area contributed by atoms with Crippen LogP contribution in [0.3, 0.4) is 0 Å². The maximum Gasteiger partial charge on any atom is 0.253 e. The van der Waals surface area contributed by atoms with Gasteiger partial charge in [0, 0.05) is 19.2 Å². The van der Waals surface area contributed by atoms with E-state index in [9.17, 15) is 4.79 Å². The number of fused-ring (bicyclic) bond motifs is 1. The first-order valence-corrected chi connectivity index (χ1v) is 9.60. The van der Waals surface area contributed by atoms with E-state index in [1.165, 1.54) is 0 Å². The number of nitrogens with zero attached hydrogens (tertiary/aromatic N) is 2. The molecule has 0 aromatic heterocycles. The number of ether oxygens (including phenoxy) is 1. The van der Waals surface area contributed by atoms with E-state index in [0.29, 0.717) is 13.2 Å². The van der Waals surface area contributed by atoms with Gasteiger partial charge in [0.05, 0.1) is 18.2 Å². The standard InChI is InChI=1S/C24H24N2O2/c1-3-28-22-16-10-7-13-19(22)17-25(2)26-21-15-9-8-14-20(21)23(24(26)27)18-11-5-4-6-12-18/h4-16,23H,3,17H2,1-2H3. The third-order valence-corrected chi connectivity index (χ3v) is 5.08. The van der Waals surface area contributed by atoms with Gasteiger partial charge in [-0.1, -0.05) is 66.7 Å². The molecule has 3 aromatic rings. The largest absolute Gasteiger partial charge is 0.494 e. The van der Waals surface area contributed by atoms with E-state index in [0.717, 1.165) is 28.1 Å². The first-order chi connectivity index (χ1) is 13.7. The van der Waals surface area contributed by atoms with Crippen LogP contribution in [0.1, 0.15) is 29.5 Å². The number of hydrogen-bond donors (Lipinski definition) is 0. The van der Waals surface area contributed by atoms with Gasteiger partial charge in [0.15, 0.2) is 0 Å². The molecule has 1 amide bonds. The van der Waals surface area contributed by atoms with Crippen molar-refractivity contribution in [1.82, 2.24) is 5.01 Å². The Labute approximate surface area is 165 Å². The van der Waals surface area contributed by atoms with Crippen molar-refractivity contribution in [3.8, 4) is 5.75 Å². The van der Waals surface area contributed by atoms with Gasteiger partial charge in [-0.15, -0.1) is 0 Å². The lowest BCUT2D eigenvalue weighted by molar-refractivity contribution is -0.121. The molecule has 142 valence electrons. The molecule has 4 nitrogen and oxygen atoms in total. The van der Waals surface area contributed by atoms with Crippen molar-refractivity contribution >= 4 is 11.6 Å². The van der Waals surface area contributed by atoms with Gasteiger partial charge in [0.2, 0.25) is 0 Å². The zero-order valence-corrected chi connectivity index (χ0v) is 16.2. The van der Waals surface area contributed by atoms with Crippen LogP contribution in [0.2, 0.25) is 0 Å². The molecule has 0 aliphatic carbocycles. The molecule has 0 radical (unpaired) electrons. The molecule has 1 unspecified atom stereocenters. The monoisotopic (exact) mass is 372 g/mol. The van der Waals surface area contributed by atoms with Gasteiger partial charge >= 0.3 is 0 Å². The fourth-order valence-electron chi connectivity index (χ4n) is 3.87. The summed E-state index contributed by atoms with van der Waals surface area (Å²) in [4.78, 5) is 13.5. The minimum Gasteiger partial charge on any atom is -0.494 e. The Balaban J connectivity index is 1.67. The second-order valence-electron chi connectivity index (χ2n) is 6.91. The number of benzene rings is 3. The lowest BCUT2D eigenvalue weighted by Gasteiger charge is -2.29. The fraction of sp³-hybridized carbons (Fsp3) is 0.208. The average Bonchev–Trinajstić information content (AvgIpc) is 3.02.